The number of carboxylic acid groups (broad SMARTS) is 1. The van der Waals surface area contributed by atoms with Gasteiger partial charge >= 0.3 is 12.0 Å². The van der Waals surface area contributed by atoms with Crippen molar-refractivity contribution in [1.29, 1.82) is 0 Å². The van der Waals surface area contributed by atoms with Crippen LogP contribution in [-0.2, 0) is 7.05 Å². The van der Waals surface area contributed by atoms with Crippen LogP contribution in [-0.4, -0.2) is 31.9 Å². The molecule has 0 radical (unpaired) electrons. The highest BCUT2D eigenvalue weighted by Crippen LogP contribution is 2.10. The molecule has 8 nitrogen and oxygen atoms in total. The molecule has 0 atom stereocenters. The van der Waals surface area contributed by atoms with E-state index in [0.717, 1.165) is 0 Å². The van der Waals surface area contributed by atoms with Gasteiger partial charge < -0.3 is 10.4 Å². The smallest absolute Gasteiger partial charge is 0.335 e. The largest absolute Gasteiger partial charge is 0.478 e. The number of carbonyl (C=O) groups excluding carboxylic acids is 1. The minimum Gasteiger partial charge on any atom is -0.478 e. The Morgan fingerprint density at radius 1 is 1.21 bits per heavy atom. The van der Waals surface area contributed by atoms with E-state index in [2.05, 4.69) is 20.7 Å². The molecule has 0 saturated heterocycles. The number of carbonyl (C=O) groups is 2. The van der Waals surface area contributed by atoms with Crippen molar-refractivity contribution < 1.29 is 14.7 Å². The topological polar surface area (TPSA) is 109 Å². The average Bonchev–Trinajstić information content (AvgIpc) is 2.75. The summed E-state index contributed by atoms with van der Waals surface area (Å²) in [6.07, 6.45) is 1.32. The lowest BCUT2D eigenvalue weighted by molar-refractivity contribution is 0.0697. The van der Waals surface area contributed by atoms with Gasteiger partial charge in [0.15, 0.2) is 0 Å². The normalized spacial score (nSPS) is 9.95. The molecule has 8 heteroatoms. The first-order valence-corrected chi connectivity index (χ1v) is 5.31. The van der Waals surface area contributed by atoms with Gasteiger partial charge in [0, 0.05) is 12.7 Å². The summed E-state index contributed by atoms with van der Waals surface area (Å²) in [6.45, 7) is 0. The summed E-state index contributed by atoms with van der Waals surface area (Å²) in [6, 6.07) is 5.32. The molecule has 1 aromatic heterocycles. The first kappa shape index (κ1) is 12.6. The fraction of sp³-hybridized carbons (Fsp3) is 0.0909. The average molecular weight is 261 g/mol. The number of aryl methyl sites for hydroxylation is 1. The molecule has 0 aliphatic rings. The highest BCUT2D eigenvalue weighted by molar-refractivity contribution is 5.99. The summed E-state index contributed by atoms with van der Waals surface area (Å²) < 4.78 is 1.41. The number of anilines is 2. The molecule has 0 bridgehead atoms. The van der Waals surface area contributed by atoms with Gasteiger partial charge in [-0.3, -0.25) is 5.32 Å². The molecule has 2 rings (SSSR count). The quantitative estimate of drug-likeness (QED) is 0.768. The standard InChI is InChI=1S/C11H11N5O3/c1-16-10(12-6-13-16)15-11(19)14-8-4-2-7(3-5-8)9(17)18/h2-6H,1H3,(H,17,18)(H2,12,13,14,15,19). The van der Waals surface area contributed by atoms with E-state index in [0.29, 0.717) is 11.6 Å². The van der Waals surface area contributed by atoms with Crippen LogP contribution in [0.5, 0.6) is 0 Å². The van der Waals surface area contributed by atoms with Gasteiger partial charge in [-0.1, -0.05) is 0 Å². The maximum Gasteiger partial charge on any atom is 0.335 e. The van der Waals surface area contributed by atoms with Crippen LogP contribution in [0.3, 0.4) is 0 Å². The molecule has 1 aromatic carbocycles. The number of carboxylic acids is 1. The van der Waals surface area contributed by atoms with E-state index in [4.69, 9.17) is 5.11 Å². The Morgan fingerprint density at radius 3 is 2.42 bits per heavy atom. The minimum atomic E-state index is -1.02. The summed E-state index contributed by atoms with van der Waals surface area (Å²) in [5.74, 6) is -0.713. The van der Waals surface area contributed by atoms with E-state index < -0.39 is 12.0 Å². The molecule has 1 heterocycles. The highest BCUT2D eigenvalue weighted by Gasteiger charge is 2.07. The van der Waals surface area contributed by atoms with Crippen molar-refractivity contribution in [2.45, 2.75) is 0 Å². The lowest BCUT2D eigenvalue weighted by Gasteiger charge is -2.06. The van der Waals surface area contributed by atoms with E-state index in [1.54, 1.807) is 7.05 Å². The van der Waals surface area contributed by atoms with Gasteiger partial charge in [-0.2, -0.15) is 10.1 Å². The van der Waals surface area contributed by atoms with E-state index in [-0.39, 0.29) is 5.56 Å². The first-order chi connectivity index (χ1) is 9.06. The van der Waals surface area contributed by atoms with Crippen LogP contribution in [0.1, 0.15) is 10.4 Å². The van der Waals surface area contributed by atoms with Gasteiger partial charge in [-0.15, -0.1) is 0 Å². The SMILES string of the molecule is Cn1ncnc1NC(=O)Nc1ccc(C(=O)O)cc1. The number of nitrogens with zero attached hydrogens (tertiary/aromatic N) is 3. The van der Waals surface area contributed by atoms with Gasteiger partial charge in [0.1, 0.15) is 6.33 Å². The first-order valence-electron chi connectivity index (χ1n) is 5.31. The molecule has 0 spiro atoms. The van der Waals surface area contributed by atoms with Gasteiger partial charge in [-0.05, 0) is 24.3 Å². The van der Waals surface area contributed by atoms with E-state index >= 15 is 0 Å². The van der Waals surface area contributed by atoms with E-state index in [9.17, 15) is 9.59 Å². The summed E-state index contributed by atoms with van der Waals surface area (Å²) in [4.78, 5) is 26.1. The second kappa shape index (κ2) is 5.17. The molecular formula is C11H11N5O3. The van der Waals surface area contributed by atoms with Crippen molar-refractivity contribution in [3.05, 3.63) is 36.2 Å². The molecule has 2 amide bonds. The number of benzene rings is 1. The molecule has 0 saturated carbocycles. The minimum absolute atomic E-state index is 0.152. The Balaban J connectivity index is 1.99. The lowest BCUT2D eigenvalue weighted by Crippen LogP contribution is -2.21. The van der Waals surface area contributed by atoms with Crippen LogP contribution in [0.25, 0.3) is 0 Å². The van der Waals surface area contributed by atoms with Crippen molar-refractivity contribution >= 4 is 23.6 Å². The van der Waals surface area contributed by atoms with Crippen molar-refractivity contribution in [3.63, 3.8) is 0 Å². The number of urea groups is 1. The summed E-state index contributed by atoms with van der Waals surface area (Å²) in [5.41, 5.74) is 0.629. The Bertz CT molecular complexity index is 605. The molecule has 0 aliphatic carbocycles. The Morgan fingerprint density at radius 2 is 1.89 bits per heavy atom. The van der Waals surface area contributed by atoms with Crippen molar-refractivity contribution in [2.24, 2.45) is 7.05 Å². The molecule has 2 aromatic rings. The van der Waals surface area contributed by atoms with E-state index in [1.165, 1.54) is 35.3 Å². The maximum atomic E-state index is 11.6. The summed E-state index contributed by atoms with van der Waals surface area (Å²) >= 11 is 0. The van der Waals surface area contributed by atoms with Gasteiger partial charge in [0.2, 0.25) is 5.95 Å². The molecule has 19 heavy (non-hydrogen) atoms. The van der Waals surface area contributed by atoms with Crippen molar-refractivity contribution in [3.8, 4) is 0 Å². The number of aromatic nitrogens is 3. The third-order valence-corrected chi connectivity index (χ3v) is 2.33. The van der Waals surface area contributed by atoms with Crippen LogP contribution in [0, 0.1) is 0 Å². The third-order valence-electron chi connectivity index (χ3n) is 2.33. The number of rotatable bonds is 3. The molecule has 0 fully saturated rings. The molecule has 3 N–H and O–H groups in total. The van der Waals surface area contributed by atoms with Crippen molar-refractivity contribution in [1.82, 2.24) is 14.8 Å². The highest BCUT2D eigenvalue weighted by atomic mass is 16.4. The number of hydrogen-bond donors (Lipinski definition) is 3. The van der Waals surface area contributed by atoms with Crippen molar-refractivity contribution in [2.75, 3.05) is 10.6 Å². The second-order valence-electron chi connectivity index (χ2n) is 3.67. The number of aromatic carboxylic acids is 1. The third kappa shape index (κ3) is 3.06. The van der Waals surface area contributed by atoms with Crippen LogP contribution >= 0.6 is 0 Å². The Hall–Kier alpha value is -2.90. The van der Waals surface area contributed by atoms with Crippen LogP contribution < -0.4 is 10.6 Å². The molecule has 0 aliphatic heterocycles. The summed E-state index contributed by atoms with van der Waals surface area (Å²) in [5, 5.41) is 17.6. The Labute approximate surface area is 108 Å². The van der Waals surface area contributed by atoms with Gasteiger partial charge in [-0.25, -0.2) is 14.3 Å². The zero-order valence-corrected chi connectivity index (χ0v) is 9.99. The predicted octanol–water partition coefficient (Wildman–Crippen LogP) is 1.16. The van der Waals surface area contributed by atoms with Crippen LogP contribution in [0.15, 0.2) is 30.6 Å². The fourth-order valence-electron chi connectivity index (χ4n) is 1.37. The monoisotopic (exact) mass is 261 g/mol. The molecule has 0 unspecified atom stereocenters. The zero-order chi connectivity index (χ0) is 13.8. The molecular weight excluding hydrogens is 250 g/mol. The number of amides is 2. The Kier molecular flexibility index (Phi) is 3.42. The zero-order valence-electron chi connectivity index (χ0n) is 9.99. The number of nitrogens with one attached hydrogen (secondary N) is 2. The van der Waals surface area contributed by atoms with E-state index in [1.807, 2.05) is 0 Å². The molecule has 98 valence electrons. The van der Waals surface area contributed by atoms with Crippen LogP contribution in [0.4, 0.5) is 16.4 Å². The second-order valence-corrected chi connectivity index (χ2v) is 3.67. The predicted molar refractivity (Wildman–Crippen MR) is 67.0 cm³/mol. The maximum absolute atomic E-state index is 11.6. The van der Waals surface area contributed by atoms with Gasteiger partial charge in [0.05, 0.1) is 5.56 Å². The summed E-state index contributed by atoms with van der Waals surface area (Å²) in [7, 11) is 1.64. The lowest BCUT2D eigenvalue weighted by atomic mass is 10.2. The fourth-order valence-corrected chi connectivity index (χ4v) is 1.37. The van der Waals surface area contributed by atoms with Crippen LogP contribution in [0.2, 0.25) is 0 Å². The number of hydrogen-bond acceptors (Lipinski definition) is 4. The van der Waals surface area contributed by atoms with Gasteiger partial charge in [0.25, 0.3) is 0 Å².